The van der Waals surface area contributed by atoms with Gasteiger partial charge in [-0.05, 0) is 70.9 Å². The Morgan fingerprint density at radius 3 is 2.12 bits per heavy atom. The molecule has 3 unspecified atom stereocenters. The van der Waals surface area contributed by atoms with Crippen LogP contribution in [0.1, 0.15) is 25.7 Å². The van der Waals surface area contributed by atoms with Crippen LogP contribution >= 0.6 is 0 Å². The minimum Gasteiger partial charge on any atom is -0.415 e. The lowest BCUT2D eigenvalue weighted by molar-refractivity contribution is 0.0612. The number of hydrogen-bond acceptors (Lipinski definition) is 2. The van der Waals surface area contributed by atoms with E-state index in [9.17, 15) is 0 Å². The minimum atomic E-state index is -1.38. The fourth-order valence-electron chi connectivity index (χ4n) is 3.20. The van der Waals surface area contributed by atoms with Gasteiger partial charge in [0, 0.05) is 6.10 Å². The van der Waals surface area contributed by atoms with Crippen LogP contribution in [0.15, 0.2) is 0 Å². The Labute approximate surface area is 108 Å². The zero-order chi connectivity index (χ0) is 12.9. The predicted molar refractivity (Wildman–Crippen MR) is 77.3 cm³/mol. The molecule has 0 bridgehead atoms. The van der Waals surface area contributed by atoms with E-state index in [0.29, 0.717) is 6.10 Å². The van der Waals surface area contributed by atoms with Crippen molar-refractivity contribution in [2.75, 3.05) is 0 Å². The third-order valence-corrected chi connectivity index (χ3v) is 5.70. The number of hydrogen-bond donors (Lipinski definition) is 0. The van der Waals surface area contributed by atoms with Crippen LogP contribution in [0.25, 0.3) is 0 Å². The van der Waals surface area contributed by atoms with Gasteiger partial charge in [-0.3, -0.25) is 0 Å². The summed E-state index contributed by atoms with van der Waals surface area (Å²) in [5, 5.41) is 0. The quantitative estimate of drug-likeness (QED) is 0.720. The van der Waals surface area contributed by atoms with Gasteiger partial charge in [0.15, 0.2) is 16.6 Å². The van der Waals surface area contributed by atoms with E-state index >= 15 is 0 Å². The van der Waals surface area contributed by atoms with E-state index < -0.39 is 16.6 Å². The summed E-state index contributed by atoms with van der Waals surface area (Å²) in [6, 6.07) is 0. The maximum Gasteiger partial charge on any atom is 0.184 e. The molecule has 0 aromatic carbocycles. The molecular weight excluding hydrogens is 244 g/mol. The fourth-order valence-corrected chi connectivity index (χ4v) is 5.98. The first-order chi connectivity index (χ1) is 7.60. The third-order valence-electron chi connectivity index (χ3n) is 3.64. The maximum absolute atomic E-state index is 6.41. The van der Waals surface area contributed by atoms with Crippen molar-refractivity contribution in [3.63, 3.8) is 0 Å². The molecule has 0 aromatic rings. The first kappa shape index (κ1) is 13.8. The first-order valence-corrected chi connectivity index (χ1v) is 13.8. The highest BCUT2D eigenvalue weighted by Crippen LogP contribution is 2.57. The molecule has 2 saturated carbocycles. The van der Waals surface area contributed by atoms with Gasteiger partial charge in [0.1, 0.15) is 0 Å². The molecule has 0 spiro atoms. The van der Waals surface area contributed by atoms with Crippen molar-refractivity contribution in [2.45, 2.75) is 76.7 Å². The van der Waals surface area contributed by atoms with Crippen molar-refractivity contribution >= 4 is 16.6 Å². The zero-order valence-corrected chi connectivity index (χ0v) is 14.3. The van der Waals surface area contributed by atoms with Crippen molar-refractivity contribution in [1.82, 2.24) is 0 Å². The summed E-state index contributed by atoms with van der Waals surface area (Å²) in [6.45, 7) is 13.8. The average Bonchev–Trinajstić information content (AvgIpc) is 2.71. The molecule has 3 atom stereocenters. The van der Waals surface area contributed by atoms with Gasteiger partial charge >= 0.3 is 0 Å². The first-order valence-electron chi connectivity index (χ1n) is 6.98. The molecule has 0 N–H and O–H groups in total. The van der Waals surface area contributed by atoms with Crippen LogP contribution in [0.3, 0.4) is 0 Å². The van der Waals surface area contributed by atoms with Crippen LogP contribution in [0, 0.1) is 5.92 Å². The summed E-state index contributed by atoms with van der Waals surface area (Å²) < 4.78 is 12.7. The average molecular weight is 273 g/mol. The van der Waals surface area contributed by atoms with Gasteiger partial charge in [-0.1, -0.05) is 0 Å². The van der Waals surface area contributed by atoms with Gasteiger partial charge in [0.25, 0.3) is 0 Å². The van der Waals surface area contributed by atoms with Crippen LogP contribution in [-0.4, -0.2) is 28.3 Å². The monoisotopic (exact) mass is 272 g/mol. The molecule has 2 fully saturated rings. The molecule has 2 nitrogen and oxygen atoms in total. The Balaban J connectivity index is 1.86. The van der Waals surface area contributed by atoms with E-state index in [1.165, 1.54) is 25.7 Å². The van der Waals surface area contributed by atoms with E-state index in [-0.39, 0.29) is 5.60 Å². The van der Waals surface area contributed by atoms with Crippen molar-refractivity contribution < 1.29 is 8.85 Å². The molecule has 0 radical (unpaired) electrons. The molecule has 2 aliphatic carbocycles. The normalized spacial score (nSPS) is 37.8. The van der Waals surface area contributed by atoms with Crippen molar-refractivity contribution in [3.8, 4) is 0 Å². The minimum absolute atomic E-state index is 0.282. The summed E-state index contributed by atoms with van der Waals surface area (Å²) >= 11 is 0. The largest absolute Gasteiger partial charge is 0.415 e. The Kier molecular flexibility index (Phi) is 3.39. The summed E-state index contributed by atoms with van der Waals surface area (Å²) in [5.74, 6) is 0.796. The van der Waals surface area contributed by atoms with Crippen LogP contribution in [0.2, 0.25) is 39.3 Å². The van der Waals surface area contributed by atoms with Crippen molar-refractivity contribution in [3.05, 3.63) is 0 Å². The van der Waals surface area contributed by atoms with Crippen LogP contribution in [-0.2, 0) is 8.85 Å². The molecular formula is C13H28O2Si2. The Morgan fingerprint density at radius 1 is 1.00 bits per heavy atom. The lowest BCUT2D eigenvalue weighted by atomic mass is 9.95. The number of rotatable bonds is 4. The van der Waals surface area contributed by atoms with E-state index in [1.54, 1.807) is 0 Å². The molecule has 2 aliphatic rings. The Morgan fingerprint density at radius 2 is 1.65 bits per heavy atom. The molecule has 4 heteroatoms. The van der Waals surface area contributed by atoms with Gasteiger partial charge < -0.3 is 8.85 Å². The predicted octanol–water partition coefficient (Wildman–Crippen LogP) is 4.00. The van der Waals surface area contributed by atoms with Crippen molar-refractivity contribution in [2.24, 2.45) is 5.92 Å². The lowest BCUT2D eigenvalue weighted by Gasteiger charge is -2.35. The van der Waals surface area contributed by atoms with Crippen LogP contribution < -0.4 is 0 Å². The second-order valence-corrected chi connectivity index (χ2v) is 16.7. The Hall–Kier alpha value is 0.354. The van der Waals surface area contributed by atoms with E-state index in [4.69, 9.17) is 8.85 Å². The second kappa shape index (κ2) is 4.18. The molecule has 0 heterocycles. The topological polar surface area (TPSA) is 18.5 Å². The fraction of sp³-hybridized carbons (Fsp3) is 1.00. The standard InChI is InChI=1S/C13H28O2Si2/c1-16(2,3)14-12-7-8-13(10-11(13)9-12)15-17(4,5)6/h11-12H,7-10H2,1-6H3. The molecule has 0 aromatic heterocycles. The summed E-state index contributed by atoms with van der Waals surface area (Å²) in [6.07, 6.45) is 5.51. The highest BCUT2D eigenvalue weighted by atomic mass is 28.4. The third kappa shape index (κ3) is 3.66. The SMILES string of the molecule is C[Si](C)(C)OC1CCC2(O[Si](C)(C)C)CC2C1. The molecule has 100 valence electrons. The molecule has 0 saturated heterocycles. The van der Waals surface area contributed by atoms with E-state index in [2.05, 4.69) is 39.3 Å². The lowest BCUT2D eigenvalue weighted by Crippen LogP contribution is -2.40. The highest BCUT2D eigenvalue weighted by molar-refractivity contribution is 6.70. The summed E-state index contributed by atoms with van der Waals surface area (Å²) in [5.41, 5.74) is 0.282. The summed E-state index contributed by atoms with van der Waals surface area (Å²) in [4.78, 5) is 0. The van der Waals surface area contributed by atoms with Gasteiger partial charge in [-0.15, -0.1) is 0 Å². The smallest absolute Gasteiger partial charge is 0.184 e. The second-order valence-electron chi connectivity index (χ2n) is 7.81. The Bertz CT molecular complexity index is 293. The van der Waals surface area contributed by atoms with Gasteiger partial charge in [-0.25, -0.2) is 0 Å². The molecule has 0 aliphatic heterocycles. The number of fused-ring (bicyclic) bond motifs is 1. The van der Waals surface area contributed by atoms with E-state index in [0.717, 1.165) is 5.92 Å². The molecule has 17 heavy (non-hydrogen) atoms. The van der Waals surface area contributed by atoms with Crippen molar-refractivity contribution in [1.29, 1.82) is 0 Å². The van der Waals surface area contributed by atoms with E-state index in [1.807, 2.05) is 0 Å². The molecule has 2 rings (SSSR count). The van der Waals surface area contributed by atoms with Gasteiger partial charge in [0.2, 0.25) is 0 Å². The van der Waals surface area contributed by atoms with Crippen LogP contribution in [0.4, 0.5) is 0 Å². The van der Waals surface area contributed by atoms with Gasteiger partial charge in [-0.2, -0.15) is 0 Å². The van der Waals surface area contributed by atoms with Gasteiger partial charge in [0.05, 0.1) is 5.60 Å². The summed E-state index contributed by atoms with van der Waals surface area (Å²) in [7, 11) is -2.74. The molecule has 0 amide bonds. The highest BCUT2D eigenvalue weighted by Gasteiger charge is 2.59. The maximum atomic E-state index is 6.41. The van der Waals surface area contributed by atoms with Crippen LogP contribution in [0.5, 0.6) is 0 Å². The zero-order valence-electron chi connectivity index (χ0n) is 12.3.